The second-order valence-corrected chi connectivity index (χ2v) is 22.9. The molecule has 9 heteroatoms. The van der Waals surface area contributed by atoms with Crippen LogP contribution in [-0.4, -0.2) is 87.5 Å². The molecule has 0 saturated carbocycles. The first kappa shape index (κ1) is 76.6. The number of carbonyl (C=O) groups is 1. The van der Waals surface area contributed by atoms with Gasteiger partial charge in [-0.25, -0.2) is 0 Å². The van der Waals surface area contributed by atoms with E-state index in [1.165, 1.54) is 167 Å². The highest BCUT2D eigenvalue weighted by molar-refractivity contribution is 5.76. The van der Waals surface area contributed by atoms with Crippen LogP contribution in [0.2, 0.25) is 0 Å². The quantitative estimate of drug-likeness (QED) is 0.0261. The largest absolute Gasteiger partial charge is 0.394 e. The normalized spacial score (nSPS) is 19.1. The molecule has 1 aliphatic heterocycles. The maximum absolute atomic E-state index is 13.1. The average molecular weight is 1140 g/mol. The van der Waals surface area contributed by atoms with Gasteiger partial charge in [0.15, 0.2) is 6.29 Å². The van der Waals surface area contributed by atoms with Crippen LogP contribution in [0.15, 0.2) is 122 Å². The van der Waals surface area contributed by atoms with Crippen LogP contribution in [0.1, 0.15) is 277 Å². The lowest BCUT2D eigenvalue weighted by Crippen LogP contribution is -2.60. The second-order valence-electron chi connectivity index (χ2n) is 22.9. The van der Waals surface area contributed by atoms with E-state index < -0.39 is 49.5 Å². The van der Waals surface area contributed by atoms with E-state index in [9.17, 15) is 30.3 Å². The summed E-state index contributed by atoms with van der Waals surface area (Å²) >= 11 is 0. The van der Waals surface area contributed by atoms with Crippen molar-refractivity contribution in [3.05, 3.63) is 122 Å². The minimum atomic E-state index is -1.59. The fourth-order valence-electron chi connectivity index (χ4n) is 10.0. The number of amides is 1. The molecule has 1 heterocycles. The minimum absolute atomic E-state index is 0.219. The van der Waals surface area contributed by atoms with Crippen molar-refractivity contribution in [3.63, 3.8) is 0 Å². The van der Waals surface area contributed by atoms with E-state index >= 15 is 0 Å². The molecular formula is C73H125NO8. The van der Waals surface area contributed by atoms with Gasteiger partial charge in [-0.05, 0) is 83.5 Å². The lowest BCUT2D eigenvalue weighted by atomic mass is 9.99. The number of ether oxygens (including phenoxy) is 2. The van der Waals surface area contributed by atoms with Crippen molar-refractivity contribution in [2.75, 3.05) is 13.2 Å². The number of nitrogens with one attached hydrogen (secondary N) is 1. The third kappa shape index (κ3) is 48.9. The van der Waals surface area contributed by atoms with E-state index in [0.717, 1.165) is 83.5 Å². The molecule has 1 saturated heterocycles. The standard InChI is InChI=1S/C73H125NO8/c1-3-5-7-9-11-13-15-17-19-21-23-25-27-29-31-33-35-36-38-40-42-44-46-48-50-52-54-56-58-60-62-67(76)66(65-81-73-72(80)71(79)70(78)68(64-75)82-73)74-69(77)63-61-59-57-55-53-51-49-47-45-43-41-39-37-34-32-30-28-26-24-22-20-18-16-14-12-10-8-6-4-2/h6,8,12,14,18,20,24,26,30,32,37,39,43,45,49,51,55,57,60,62,66-68,70-73,75-76,78-80H,3-5,7,9-11,13,15-17,19,21-23,25,27-29,31,33-36,38,40-42,44,46-48,50,52-54,56,58-59,61,63-65H2,1-2H3,(H,74,77)/b8-6-,14-12-,20-18-,26-24-,32-30-,39-37-,45-43-,51-49-,57-55-,62-60+. The van der Waals surface area contributed by atoms with Crippen LogP contribution in [0, 0.1) is 0 Å². The summed E-state index contributed by atoms with van der Waals surface area (Å²) in [5.41, 5.74) is 0. The summed E-state index contributed by atoms with van der Waals surface area (Å²) in [6.07, 6.45) is 84.4. The summed E-state index contributed by atoms with van der Waals surface area (Å²) in [5, 5.41) is 54.7. The molecule has 1 amide bonds. The van der Waals surface area contributed by atoms with Gasteiger partial charge in [0.2, 0.25) is 5.91 Å². The number of hydrogen-bond acceptors (Lipinski definition) is 8. The van der Waals surface area contributed by atoms with Crippen molar-refractivity contribution in [2.24, 2.45) is 0 Å². The zero-order valence-corrected chi connectivity index (χ0v) is 52.5. The fourth-order valence-corrected chi connectivity index (χ4v) is 10.0. The van der Waals surface area contributed by atoms with Crippen molar-refractivity contribution >= 4 is 5.91 Å². The van der Waals surface area contributed by atoms with E-state index in [0.29, 0.717) is 6.42 Å². The van der Waals surface area contributed by atoms with Crippen molar-refractivity contribution in [1.82, 2.24) is 5.32 Å². The van der Waals surface area contributed by atoms with Crippen LogP contribution in [-0.2, 0) is 14.3 Å². The van der Waals surface area contributed by atoms with E-state index in [4.69, 9.17) is 9.47 Å². The van der Waals surface area contributed by atoms with Gasteiger partial charge in [0.25, 0.3) is 0 Å². The molecule has 9 nitrogen and oxygen atoms in total. The van der Waals surface area contributed by atoms with Gasteiger partial charge in [0, 0.05) is 6.42 Å². The maximum Gasteiger partial charge on any atom is 0.220 e. The zero-order valence-electron chi connectivity index (χ0n) is 52.5. The molecule has 7 atom stereocenters. The van der Waals surface area contributed by atoms with Crippen molar-refractivity contribution in [1.29, 1.82) is 0 Å². The van der Waals surface area contributed by atoms with Crippen LogP contribution >= 0.6 is 0 Å². The van der Waals surface area contributed by atoms with Crippen LogP contribution in [0.3, 0.4) is 0 Å². The lowest BCUT2D eigenvalue weighted by Gasteiger charge is -2.40. The monoisotopic (exact) mass is 1140 g/mol. The Bertz CT molecular complexity index is 1710. The predicted octanol–water partition coefficient (Wildman–Crippen LogP) is 18.2. The fraction of sp³-hybridized carbons (Fsp3) is 0.712. The molecule has 6 N–H and O–H groups in total. The Balaban J connectivity index is 2.23. The van der Waals surface area contributed by atoms with Crippen LogP contribution < -0.4 is 5.32 Å². The third-order valence-electron chi connectivity index (χ3n) is 15.3. The molecule has 82 heavy (non-hydrogen) atoms. The molecule has 0 radical (unpaired) electrons. The first-order valence-corrected chi connectivity index (χ1v) is 33.8. The molecule has 0 aromatic carbocycles. The molecule has 1 aliphatic rings. The highest BCUT2D eigenvalue weighted by atomic mass is 16.7. The molecular weight excluding hydrogens is 1020 g/mol. The maximum atomic E-state index is 13.1. The van der Waals surface area contributed by atoms with Gasteiger partial charge in [-0.15, -0.1) is 0 Å². The Morgan fingerprint density at radius 1 is 0.427 bits per heavy atom. The van der Waals surface area contributed by atoms with Crippen molar-refractivity contribution in [2.45, 2.75) is 320 Å². The number of hydrogen-bond donors (Lipinski definition) is 6. The zero-order chi connectivity index (χ0) is 59.3. The molecule has 0 aromatic heterocycles. The predicted molar refractivity (Wildman–Crippen MR) is 350 cm³/mol. The first-order chi connectivity index (χ1) is 40.3. The van der Waals surface area contributed by atoms with Crippen LogP contribution in [0.4, 0.5) is 0 Å². The number of aliphatic hydroxyl groups is 5. The summed E-state index contributed by atoms with van der Waals surface area (Å²) in [6, 6.07) is -0.847. The topological polar surface area (TPSA) is 149 Å². The molecule has 1 fully saturated rings. The van der Waals surface area contributed by atoms with Crippen molar-refractivity contribution < 1.29 is 39.8 Å². The average Bonchev–Trinajstić information content (AvgIpc) is 3.57. The highest BCUT2D eigenvalue weighted by Crippen LogP contribution is 2.23. The van der Waals surface area contributed by atoms with Crippen LogP contribution in [0.25, 0.3) is 0 Å². The number of unbranched alkanes of at least 4 members (excludes halogenated alkanes) is 29. The molecule has 0 aliphatic carbocycles. The van der Waals surface area contributed by atoms with Gasteiger partial charge in [-0.3, -0.25) is 4.79 Å². The summed E-state index contributed by atoms with van der Waals surface area (Å²) < 4.78 is 11.3. The number of allylic oxidation sites excluding steroid dienone is 19. The summed E-state index contributed by atoms with van der Waals surface area (Å²) in [6.45, 7) is 3.65. The van der Waals surface area contributed by atoms with Gasteiger partial charge in [-0.2, -0.15) is 0 Å². The lowest BCUT2D eigenvalue weighted by molar-refractivity contribution is -0.302. The molecule has 1 rings (SSSR count). The van der Waals surface area contributed by atoms with E-state index in [-0.39, 0.29) is 18.9 Å². The number of carbonyl (C=O) groups excluding carboxylic acids is 1. The molecule has 0 bridgehead atoms. The Hall–Kier alpha value is -3.41. The Labute approximate surface area is 503 Å². The number of rotatable bonds is 57. The molecule has 0 aromatic rings. The van der Waals surface area contributed by atoms with Gasteiger partial charge in [0.05, 0.1) is 25.4 Å². The minimum Gasteiger partial charge on any atom is -0.394 e. The number of aliphatic hydroxyl groups excluding tert-OH is 5. The Morgan fingerprint density at radius 3 is 1.11 bits per heavy atom. The van der Waals surface area contributed by atoms with Gasteiger partial charge in [0.1, 0.15) is 24.4 Å². The van der Waals surface area contributed by atoms with Crippen LogP contribution in [0.5, 0.6) is 0 Å². The van der Waals surface area contributed by atoms with Gasteiger partial charge >= 0.3 is 0 Å². The smallest absolute Gasteiger partial charge is 0.220 e. The SMILES string of the molecule is CC/C=C\C/C=C\C/C=C\C/C=C\C/C=C\C/C=C\C/C=C\C/C=C\C/C=C\CCCC(=O)NC(COC1OC(CO)C(O)C(O)C1O)C(O)/C=C/CCCCCCCCCCCCCCCCCCCCCCCCCCCCCC. The van der Waals surface area contributed by atoms with Gasteiger partial charge < -0.3 is 40.3 Å². The van der Waals surface area contributed by atoms with E-state index in [2.05, 4.69) is 129 Å². The summed E-state index contributed by atoms with van der Waals surface area (Å²) in [7, 11) is 0. The van der Waals surface area contributed by atoms with Crippen molar-refractivity contribution in [3.8, 4) is 0 Å². The van der Waals surface area contributed by atoms with E-state index in [1.54, 1.807) is 6.08 Å². The Morgan fingerprint density at radius 2 is 0.756 bits per heavy atom. The third-order valence-corrected chi connectivity index (χ3v) is 15.3. The highest BCUT2D eigenvalue weighted by Gasteiger charge is 2.44. The summed E-state index contributed by atoms with van der Waals surface area (Å²) in [4.78, 5) is 13.1. The summed E-state index contributed by atoms with van der Waals surface area (Å²) in [5.74, 6) is -0.236. The molecule has 7 unspecified atom stereocenters. The first-order valence-electron chi connectivity index (χ1n) is 33.8. The molecule has 470 valence electrons. The molecule has 0 spiro atoms. The Kier molecular flexibility index (Phi) is 56.7. The van der Waals surface area contributed by atoms with E-state index in [1.807, 2.05) is 6.08 Å². The second kappa shape index (κ2) is 60.7. The van der Waals surface area contributed by atoms with Gasteiger partial charge in [-0.1, -0.05) is 309 Å².